The van der Waals surface area contributed by atoms with Gasteiger partial charge in [0.25, 0.3) is 5.91 Å². The molecule has 0 saturated carbocycles. The molecule has 0 aliphatic carbocycles. The van der Waals surface area contributed by atoms with Gasteiger partial charge < -0.3 is 24.6 Å². The van der Waals surface area contributed by atoms with Crippen LogP contribution < -0.4 is 19.5 Å². The van der Waals surface area contributed by atoms with Crippen LogP contribution in [0.4, 0.5) is 0 Å². The quantitative estimate of drug-likeness (QED) is 0.567. The molecule has 0 fully saturated rings. The third-order valence-electron chi connectivity index (χ3n) is 4.58. The molecule has 0 spiro atoms. The average Bonchev–Trinajstić information content (AvgIpc) is 3.28. The van der Waals surface area contributed by atoms with Gasteiger partial charge in [0.15, 0.2) is 11.5 Å². The number of carbonyl (C=O) groups is 2. The predicted octanol–water partition coefficient (Wildman–Crippen LogP) is 3.85. The highest BCUT2D eigenvalue weighted by molar-refractivity contribution is 6.02. The molecule has 0 aromatic heterocycles. The van der Waals surface area contributed by atoms with Crippen molar-refractivity contribution in [2.75, 3.05) is 6.79 Å². The Bertz CT molecular complexity index is 1120. The molecule has 156 valence electrons. The molecule has 7 nitrogen and oxygen atoms in total. The molecule has 3 aromatic carbocycles. The zero-order valence-electron chi connectivity index (χ0n) is 16.4. The molecule has 1 aliphatic rings. The summed E-state index contributed by atoms with van der Waals surface area (Å²) in [6.45, 7) is 0.495. The van der Waals surface area contributed by atoms with Gasteiger partial charge in [0, 0.05) is 11.1 Å². The van der Waals surface area contributed by atoms with Crippen LogP contribution >= 0.6 is 0 Å². The normalized spacial score (nSPS) is 12.3. The van der Waals surface area contributed by atoms with Crippen LogP contribution in [-0.4, -0.2) is 23.8 Å². The lowest BCUT2D eigenvalue weighted by atomic mass is 10.1. The van der Waals surface area contributed by atoms with Gasteiger partial charge in [0.2, 0.25) is 6.79 Å². The van der Waals surface area contributed by atoms with Crippen molar-refractivity contribution in [3.05, 3.63) is 95.2 Å². The van der Waals surface area contributed by atoms with E-state index in [1.165, 1.54) is 6.08 Å². The van der Waals surface area contributed by atoms with Gasteiger partial charge in [-0.05, 0) is 42.0 Å². The fraction of sp³-hybridized carbons (Fsp3) is 0.0833. The van der Waals surface area contributed by atoms with E-state index in [-0.39, 0.29) is 12.5 Å². The molecule has 4 rings (SSSR count). The van der Waals surface area contributed by atoms with Crippen LogP contribution in [0.5, 0.6) is 17.2 Å². The molecular weight excluding hydrogens is 398 g/mol. The van der Waals surface area contributed by atoms with Crippen LogP contribution in [0, 0.1) is 0 Å². The fourth-order valence-corrected chi connectivity index (χ4v) is 3.03. The second-order valence-corrected chi connectivity index (χ2v) is 6.69. The monoisotopic (exact) mass is 417 g/mol. The lowest BCUT2D eigenvalue weighted by Crippen LogP contribution is -2.27. The molecule has 0 unspecified atom stereocenters. The van der Waals surface area contributed by atoms with Gasteiger partial charge >= 0.3 is 5.97 Å². The number of nitrogens with one attached hydrogen (secondary N) is 1. The molecule has 3 aromatic rings. The summed E-state index contributed by atoms with van der Waals surface area (Å²) in [5.41, 5.74) is 1.63. The van der Waals surface area contributed by atoms with Gasteiger partial charge in [-0.1, -0.05) is 42.5 Å². The molecule has 0 bridgehead atoms. The molecule has 7 heteroatoms. The van der Waals surface area contributed by atoms with E-state index in [2.05, 4.69) is 5.32 Å². The van der Waals surface area contributed by atoms with Crippen molar-refractivity contribution < 1.29 is 28.9 Å². The van der Waals surface area contributed by atoms with Crippen LogP contribution in [0.15, 0.2) is 78.5 Å². The number of rotatable bonds is 7. The summed E-state index contributed by atoms with van der Waals surface area (Å²) in [7, 11) is 0. The zero-order valence-corrected chi connectivity index (χ0v) is 16.4. The topological polar surface area (TPSA) is 94.1 Å². The Labute approximate surface area is 178 Å². The highest BCUT2D eigenvalue weighted by atomic mass is 16.7. The molecular formula is C24H19NO6. The van der Waals surface area contributed by atoms with Crippen LogP contribution in [0.1, 0.15) is 21.5 Å². The Morgan fingerprint density at radius 1 is 0.968 bits per heavy atom. The maximum absolute atomic E-state index is 12.3. The first-order valence-corrected chi connectivity index (χ1v) is 9.52. The number of carboxylic acid groups (broad SMARTS) is 1. The Kier molecular flexibility index (Phi) is 5.84. The molecule has 31 heavy (non-hydrogen) atoms. The van der Waals surface area contributed by atoms with Gasteiger partial charge in [-0.3, -0.25) is 4.79 Å². The summed E-state index contributed by atoms with van der Waals surface area (Å²) >= 11 is 0. The van der Waals surface area contributed by atoms with Gasteiger partial charge in [-0.2, -0.15) is 0 Å². The van der Waals surface area contributed by atoms with E-state index in [4.69, 9.17) is 14.2 Å². The van der Waals surface area contributed by atoms with Crippen molar-refractivity contribution in [1.29, 1.82) is 0 Å². The van der Waals surface area contributed by atoms with Crippen LogP contribution in [0.2, 0.25) is 0 Å². The molecule has 0 atom stereocenters. The first kappa shape index (κ1) is 20.0. The van der Waals surface area contributed by atoms with E-state index in [0.29, 0.717) is 35.0 Å². The maximum atomic E-state index is 12.3. The van der Waals surface area contributed by atoms with E-state index in [9.17, 15) is 14.7 Å². The largest absolute Gasteiger partial charge is 0.489 e. The number of benzene rings is 3. The number of ether oxygens (including phenoxy) is 3. The summed E-state index contributed by atoms with van der Waals surface area (Å²) in [6, 6.07) is 20.9. The minimum atomic E-state index is -1.23. The molecule has 0 saturated heterocycles. The number of amides is 1. The molecule has 2 N–H and O–H groups in total. The number of fused-ring (bicyclic) bond motifs is 1. The van der Waals surface area contributed by atoms with Crippen LogP contribution in [-0.2, 0) is 11.4 Å². The summed E-state index contributed by atoms with van der Waals surface area (Å²) < 4.78 is 16.6. The first-order valence-electron chi connectivity index (χ1n) is 9.52. The van der Waals surface area contributed by atoms with E-state index in [1.54, 1.807) is 54.6 Å². The standard InChI is InChI=1S/C24H19NO6/c26-23(17-5-2-1-3-6-17)25-20(24(27)28)13-16-9-11-19(12-10-16)29-14-18-7-4-8-21-22(18)31-15-30-21/h1-13H,14-15H2,(H,25,26)(H,27,28)/b20-13+. The van der Waals surface area contributed by atoms with Crippen molar-refractivity contribution in [3.8, 4) is 17.2 Å². The van der Waals surface area contributed by atoms with Crippen molar-refractivity contribution >= 4 is 18.0 Å². The summed E-state index contributed by atoms with van der Waals surface area (Å²) in [5.74, 6) is 0.266. The van der Waals surface area contributed by atoms with E-state index in [0.717, 1.165) is 5.56 Å². The van der Waals surface area contributed by atoms with E-state index < -0.39 is 11.9 Å². The van der Waals surface area contributed by atoms with Gasteiger partial charge in [-0.15, -0.1) is 0 Å². The SMILES string of the molecule is O=C(O)/C(=C\c1ccc(OCc2cccc3c2OCO3)cc1)NC(=O)c1ccccc1. The maximum Gasteiger partial charge on any atom is 0.352 e. The number of hydrogen-bond acceptors (Lipinski definition) is 5. The lowest BCUT2D eigenvalue weighted by molar-refractivity contribution is -0.132. The predicted molar refractivity (Wildman–Crippen MR) is 113 cm³/mol. The molecule has 0 radical (unpaired) electrons. The van der Waals surface area contributed by atoms with Gasteiger partial charge in [-0.25, -0.2) is 4.79 Å². The lowest BCUT2D eigenvalue weighted by Gasteiger charge is -2.09. The third kappa shape index (κ3) is 4.84. The molecule has 1 aliphatic heterocycles. The highest BCUT2D eigenvalue weighted by Crippen LogP contribution is 2.35. The second-order valence-electron chi connectivity index (χ2n) is 6.69. The smallest absolute Gasteiger partial charge is 0.352 e. The number of para-hydroxylation sites is 1. The minimum Gasteiger partial charge on any atom is -0.489 e. The second kappa shape index (κ2) is 9.04. The summed E-state index contributed by atoms with van der Waals surface area (Å²) in [5, 5.41) is 11.9. The Morgan fingerprint density at radius 3 is 2.48 bits per heavy atom. The molecule has 1 amide bonds. The third-order valence-corrected chi connectivity index (χ3v) is 4.58. The number of carbonyl (C=O) groups excluding carboxylic acids is 1. The Hall–Kier alpha value is -4.26. The Morgan fingerprint density at radius 2 is 1.74 bits per heavy atom. The minimum absolute atomic E-state index is 0.195. The fourth-order valence-electron chi connectivity index (χ4n) is 3.03. The highest BCUT2D eigenvalue weighted by Gasteiger charge is 2.17. The van der Waals surface area contributed by atoms with E-state index in [1.807, 2.05) is 18.2 Å². The summed E-state index contributed by atoms with van der Waals surface area (Å²) in [6.07, 6.45) is 1.39. The van der Waals surface area contributed by atoms with Crippen LogP contribution in [0.25, 0.3) is 6.08 Å². The summed E-state index contributed by atoms with van der Waals surface area (Å²) in [4.78, 5) is 23.8. The van der Waals surface area contributed by atoms with Crippen LogP contribution in [0.3, 0.4) is 0 Å². The number of carboxylic acids is 1. The average molecular weight is 417 g/mol. The van der Waals surface area contributed by atoms with Gasteiger partial charge in [0.1, 0.15) is 18.1 Å². The van der Waals surface area contributed by atoms with Crippen molar-refractivity contribution in [2.24, 2.45) is 0 Å². The van der Waals surface area contributed by atoms with Crippen molar-refractivity contribution in [2.45, 2.75) is 6.61 Å². The molecule has 1 heterocycles. The van der Waals surface area contributed by atoms with Crippen molar-refractivity contribution in [3.63, 3.8) is 0 Å². The Balaban J connectivity index is 1.42. The van der Waals surface area contributed by atoms with Gasteiger partial charge in [0.05, 0.1) is 0 Å². The first-order chi connectivity index (χ1) is 15.1. The number of aliphatic carboxylic acids is 1. The number of hydrogen-bond donors (Lipinski definition) is 2. The van der Waals surface area contributed by atoms with Crippen molar-refractivity contribution in [1.82, 2.24) is 5.32 Å². The zero-order chi connectivity index (χ0) is 21.6. The van der Waals surface area contributed by atoms with E-state index >= 15 is 0 Å².